The molecular formula is C13H10N4O2S. The first kappa shape index (κ1) is 12.4. The number of aromatic hydroxyl groups is 1. The lowest BCUT2D eigenvalue weighted by Crippen LogP contribution is -2.11. The van der Waals surface area contributed by atoms with E-state index in [1.54, 1.807) is 30.5 Å². The van der Waals surface area contributed by atoms with Gasteiger partial charge in [0.25, 0.3) is 0 Å². The summed E-state index contributed by atoms with van der Waals surface area (Å²) >= 11 is 1.40. The quantitative estimate of drug-likeness (QED) is 0.508. The second kappa shape index (κ2) is 5.14. The normalized spacial score (nSPS) is 11.2. The average molecular weight is 286 g/mol. The van der Waals surface area contributed by atoms with Gasteiger partial charge in [0, 0.05) is 0 Å². The van der Waals surface area contributed by atoms with E-state index < -0.39 is 5.69 Å². The zero-order chi connectivity index (χ0) is 13.9. The van der Waals surface area contributed by atoms with E-state index in [0.717, 1.165) is 10.9 Å². The van der Waals surface area contributed by atoms with Gasteiger partial charge in [-0.1, -0.05) is 0 Å². The summed E-state index contributed by atoms with van der Waals surface area (Å²) in [6.07, 6.45) is 1.59. The van der Waals surface area contributed by atoms with E-state index >= 15 is 0 Å². The third-order valence-electron chi connectivity index (χ3n) is 2.63. The van der Waals surface area contributed by atoms with Crippen LogP contribution in [0.2, 0.25) is 0 Å². The molecule has 0 unspecified atom stereocenters. The number of H-pyrrole nitrogens is 1. The van der Waals surface area contributed by atoms with Gasteiger partial charge in [-0.05, 0) is 41.3 Å². The Bertz CT molecular complexity index is 820. The van der Waals surface area contributed by atoms with Gasteiger partial charge in [-0.3, -0.25) is 10.4 Å². The fraction of sp³-hybridized carbons (Fsp3) is 0. The minimum Gasteiger partial charge on any atom is -0.508 e. The maximum atomic E-state index is 11.4. The van der Waals surface area contributed by atoms with Crippen LogP contribution in [0.5, 0.6) is 5.75 Å². The molecule has 3 aromatic rings. The molecule has 0 saturated heterocycles. The van der Waals surface area contributed by atoms with Gasteiger partial charge in [-0.15, -0.1) is 11.3 Å². The average Bonchev–Trinajstić information content (AvgIpc) is 2.89. The maximum absolute atomic E-state index is 11.4. The van der Waals surface area contributed by atoms with Crippen LogP contribution in [-0.4, -0.2) is 21.3 Å². The smallest absolute Gasteiger partial charge is 0.347 e. The van der Waals surface area contributed by atoms with Crippen molar-refractivity contribution in [2.45, 2.75) is 0 Å². The Hall–Kier alpha value is -2.67. The Morgan fingerprint density at radius 1 is 1.30 bits per heavy atom. The lowest BCUT2D eigenvalue weighted by molar-refractivity contribution is 0.475. The summed E-state index contributed by atoms with van der Waals surface area (Å²) in [5.74, 6) is 0.713. The van der Waals surface area contributed by atoms with Crippen molar-refractivity contribution in [1.82, 2.24) is 9.97 Å². The molecule has 1 aromatic carbocycles. The number of aromatic amines is 1. The van der Waals surface area contributed by atoms with E-state index in [4.69, 9.17) is 0 Å². The zero-order valence-corrected chi connectivity index (χ0v) is 11.0. The number of hydrogen-bond donors (Lipinski definition) is 3. The molecule has 0 spiro atoms. The zero-order valence-electron chi connectivity index (χ0n) is 10.2. The number of aromatic nitrogens is 2. The predicted octanol–water partition coefficient (Wildman–Crippen LogP) is 2.14. The van der Waals surface area contributed by atoms with Gasteiger partial charge in [0.05, 0.1) is 11.6 Å². The fourth-order valence-corrected chi connectivity index (χ4v) is 2.46. The van der Waals surface area contributed by atoms with Crippen LogP contribution in [0.3, 0.4) is 0 Å². The summed E-state index contributed by atoms with van der Waals surface area (Å²) in [5.41, 5.74) is 3.21. The maximum Gasteiger partial charge on any atom is 0.347 e. The second-order valence-corrected chi connectivity index (χ2v) is 4.91. The molecule has 0 saturated carbocycles. The number of nitrogens with zero attached hydrogens (tertiary/aromatic N) is 2. The highest BCUT2D eigenvalue weighted by atomic mass is 32.1. The minimum absolute atomic E-state index is 0.202. The van der Waals surface area contributed by atoms with E-state index in [1.807, 2.05) is 11.4 Å². The molecule has 0 fully saturated rings. The summed E-state index contributed by atoms with van der Waals surface area (Å²) in [6.45, 7) is 0. The van der Waals surface area contributed by atoms with Crippen molar-refractivity contribution in [3.05, 3.63) is 51.8 Å². The van der Waals surface area contributed by atoms with Crippen LogP contribution in [0.25, 0.3) is 10.2 Å². The first-order valence-corrected chi connectivity index (χ1v) is 6.66. The molecule has 6 nitrogen and oxygen atoms in total. The lowest BCUT2D eigenvalue weighted by Gasteiger charge is -2.01. The van der Waals surface area contributed by atoms with Gasteiger partial charge in [-0.2, -0.15) is 10.1 Å². The molecule has 2 heterocycles. The highest BCUT2D eigenvalue weighted by molar-refractivity contribution is 7.16. The highest BCUT2D eigenvalue weighted by Gasteiger charge is 2.04. The van der Waals surface area contributed by atoms with Crippen molar-refractivity contribution >= 4 is 33.6 Å². The Balaban J connectivity index is 1.84. The fourth-order valence-electron chi connectivity index (χ4n) is 1.69. The lowest BCUT2D eigenvalue weighted by atomic mass is 10.2. The third kappa shape index (κ3) is 2.52. The molecule has 0 aliphatic rings. The summed E-state index contributed by atoms with van der Waals surface area (Å²) in [6, 6.07) is 8.48. The van der Waals surface area contributed by atoms with Crippen molar-refractivity contribution < 1.29 is 5.11 Å². The predicted molar refractivity (Wildman–Crippen MR) is 79.6 cm³/mol. The summed E-state index contributed by atoms with van der Waals surface area (Å²) in [7, 11) is 0. The van der Waals surface area contributed by atoms with E-state index in [1.165, 1.54) is 11.3 Å². The largest absolute Gasteiger partial charge is 0.508 e. The van der Waals surface area contributed by atoms with Gasteiger partial charge < -0.3 is 5.11 Å². The first-order valence-electron chi connectivity index (χ1n) is 5.78. The number of thiophene rings is 1. The van der Waals surface area contributed by atoms with Crippen molar-refractivity contribution in [2.24, 2.45) is 5.10 Å². The molecular weight excluding hydrogens is 276 g/mol. The van der Waals surface area contributed by atoms with E-state index in [2.05, 4.69) is 20.5 Å². The number of hydrazone groups is 1. The molecule has 100 valence electrons. The number of nitrogens with one attached hydrogen (secondary N) is 2. The van der Waals surface area contributed by atoms with Crippen molar-refractivity contribution in [3.63, 3.8) is 0 Å². The number of phenols is 1. The molecule has 0 aliphatic carbocycles. The molecule has 0 bridgehead atoms. The van der Waals surface area contributed by atoms with Gasteiger partial charge in [0.2, 0.25) is 0 Å². The Morgan fingerprint density at radius 3 is 2.90 bits per heavy atom. The van der Waals surface area contributed by atoms with Crippen LogP contribution in [0.1, 0.15) is 5.56 Å². The summed E-state index contributed by atoms with van der Waals surface area (Å²) < 4.78 is 0. The molecule has 0 amide bonds. The molecule has 7 heteroatoms. The number of phenolic OH excluding ortho intramolecular Hbond substituents is 1. The third-order valence-corrected chi connectivity index (χ3v) is 3.44. The van der Waals surface area contributed by atoms with Crippen LogP contribution in [0.4, 0.5) is 5.82 Å². The molecule has 0 radical (unpaired) electrons. The minimum atomic E-state index is -0.415. The molecule has 20 heavy (non-hydrogen) atoms. The van der Waals surface area contributed by atoms with Crippen LogP contribution >= 0.6 is 11.3 Å². The van der Waals surface area contributed by atoms with Gasteiger partial charge >= 0.3 is 5.69 Å². The molecule has 3 rings (SSSR count). The van der Waals surface area contributed by atoms with Crippen molar-refractivity contribution in [2.75, 3.05) is 5.43 Å². The monoisotopic (exact) mass is 286 g/mol. The van der Waals surface area contributed by atoms with Crippen molar-refractivity contribution in [3.8, 4) is 5.75 Å². The highest BCUT2D eigenvalue weighted by Crippen LogP contribution is 2.22. The molecule has 0 atom stereocenters. The Morgan fingerprint density at radius 2 is 2.10 bits per heavy atom. The van der Waals surface area contributed by atoms with Gasteiger partial charge in [0.15, 0.2) is 0 Å². The summed E-state index contributed by atoms with van der Waals surface area (Å²) in [5, 5.41) is 15.9. The van der Waals surface area contributed by atoms with Crippen LogP contribution in [-0.2, 0) is 0 Å². The second-order valence-electron chi connectivity index (χ2n) is 4.02. The molecule has 0 aliphatic heterocycles. The van der Waals surface area contributed by atoms with Gasteiger partial charge in [0.1, 0.15) is 16.4 Å². The van der Waals surface area contributed by atoms with E-state index in [9.17, 15) is 9.90 Å². The molecule has 2 aromatic heterocycles. The van der Waals surface area contributed by atoms with Crippen LogP contribution in [0, 0.1) is 0 Å². The van der Waals surface area contributed by atoms with E-state index in [0.29, 0.717) is 10.6 Å². The number of benzene rings is 1. The number of hydrogen-bond acceptors (Lipinski definition) is 6. The molecule has 3 N–H and O–H groups in total. The van der Waals surface area contributed by atoms with Crippen LogP contribution < -0.4 is 11.1 Å². The standard InChI is InChI=1S/C13H10N4O2S/c18-9-3-1-8(2-4-9)7-14-17-11-10-5-6-20-12(10)16-13(19)15-11/h1-7,18H,(H2,15,16,17,19)/b14-7+. The van der Waals surface area contributed by atoms with Crippen LogP contribution in [0.15, 0.2) is 45.6 Å². The summed E-state index contributed by atoms with van der Waals surface area (Å²) in [4.78, 5) is 18.5. The Kier molecular flexibility index (Phi) is 3.18. The van der Waals surface area contributed by atoms with Gasteiger partial charge in [-0.25, -0.2) is 4.79 Å². The first-order chi connectivity index (χ1) is 9.72. The Labute approximate surface area is 117 Å². The number of anilines is 1. The number of fused-ring (bicyclic) bond motifs is 1. The number of rotatable bonds is 3. The van der Waals surface area contributed by atoms with Crippen molar-refractivity contribution in [1.29, 1.82) is 0 Å². The topological polar surface area (TPSA) is 90.4 Å². The van der Waals surface area contributed by atoms with E-state index in [-0.39, 0.29) is 5.75 Å². The SMILES string of the molecule is O=c1nc2sccc2c(N/N=C/c2ccc(O)cc2)[nH]1.